The molecule has 164 valence electrons. The fourth-order valence-electron chi connectivity index (χ4n) is 3.57. The van der Waals surface area contributed by atoms with Gasteiger partial charge in [0, 0.05) is 37.5 Å². The predicted molar refractivity (Wildman–Crippen MR) is 111 cm³/mol. The van der Waals surface area contributed by atoms with E-state index in [0.717, 1.165) is 24.9 Å². The van der Waals surface area contributed by atoms with Crippen LogP contribution < -0.4 is 15.0 Å². The van der Waals surface area contributed by atoms with Crippen molar-refractivity contribution in [3.63, 3.8) is 0 Å². The summed E-state index contributed by atoms with van der Waals surface area (Å²) in [5.41, 5.74) is 0.745. The van der Waals surface area contributed by atoms with Crippen LogP contribution in [0.1, 0.15) is 38.3 Å². The standard InChI is InChI=1S/C21H25FN6O3/c1-21(2,13-29)12-24-20(30)31-17-11-25-28-7-5-18(26-19(17)28)27-6-3-4-16(27)14-8-15(22)10-23-9-14/h5,7-11,16,29H,3-4,6,12-13H2,1-2H3,(H,24,30)/t16-/m1/s1. The van der Waals surface area contributed by atoms with Crippen molar-refractivity contribution in [3.8, 4) is 5.75 Å². The van der Waals surface area contributed by atoms with Crippen molar-refractivity contribution in [2.24, 2.45) is 5.41 Å². The maximum Gasteiger partial charge on any atom is 0.412 e. The summed E-state index contributed by atoms with van der Waals surface area (Å²) in [5, 5.41) is 16.1. The van der Waals surface area contributed by atoms with Gasteiger partial charge in [0.1, 0.15) is 11.6 Å². The molecule has 0 spiro atoms. The van der Waals surface area contributed by atoms with Crippen molar-refractivity contribution in [2.45, 2.75) is 32.7 Å². The van der Waals surface area contributed by atoms with Gasteiger partial charge in [0.25, 0.3) is 0 Å². The summed E-state index contributed by atoms with van der Waals surface area (Å²) in [5.74, 6) is 0.547. The smallest absolute Gasteiger partial charge is 0.405 e. The normalized spacial score (nSPS) is 16.6. The van der Waals surface area contributed by atoms with Crippen LogP contribution in [0.5, 0.6) is 5.75 Å². The Bertz CT molecular complexity index is 1090. The molecule has 3 aromatic rings. The Morgan fingerprint density at radius 3 is 3.00 bits per heavy atom. The van der Waals surface area contributed by atoms with Crippen LogP contribution in [-0.2, 0) is 0 Å². The second kappa shape index (κ2) is 8.46. The first kappa shape index (κ1) is 21.0. The van der Waals surface area contributed by atoms with Gasteiger partial charge in [0.2, 0.25) is 5.65 Å². The Hall–Kier alpha value is -3.27. The summed E-state index contributed by atoms with van der Waals surface area (Å²) in [6.45, 7) is 4.63. The van der Waals surface area contributed by atoms with E-state index in [4.69, 9.17) is 4.74 Å². The molecule has 4 rings (SSSR count). The number of amides is 1. The van der Waals surface area contributed by atoms with Crippen LogP contribution in [0, 0.1) is 11.2 Å². The van der Waals surface area contributed by atoms with Crippen molar-refractivity contribution in [1.82, 2.24) is 24.9 Å². The molecule has 0 aromatic carbocycles. The lowest BCUT2D eigenvalue weighted by Crippen LogP contribution is -2.37. The summed E-state index contributed by atoms with van der Waals surface area (Å²) in [6, 6.07) is 3.30. The van der Waals surface area contributed by atoms with E-state index in [1.807, 2.05) is 19.9 Å². The van der Waals surface area contributed by atoms with Crippen LogP contribution in [0.4, 0.5) is 15.0 Å². The van der Waals surface area contributed by atoms with E-state index in [9.17, 15) is 14.3 Å². The number of pyridine rings is 1. The Morgan fingerprint density at radius 2 is 2.23 bits per heavy atom. The molecule has 10 heteroatoms. The monoisotopic (exact) mass is 428 g/mol. The third-order valence-electron chi connectivity index (χ3n) is 5.32. The molecule has 31 heavy (non-hydrogen) atoms. The lowest BCUT2D eigenvalue weighted by atomic mass is 9.95. The Kier molecular flexibility index (Phi) is 5.73. The van der Waals surface area contributed by atoms with E-state index >= 15 is 0 Å². The number of halogens is 1. The summed E-state index contributed by atoms with van der Waals surface area (Å²) >= 11 is 0. The minimum absolute atomic E-state index is 0.0329. The lowest BCUT2D eigenvalue weighted by Gasteiger charge is -2.26. The molecule has 1 aliphatic rings. The zero-order valence-electron chi connectivity index (χ0n) is 17.5. The number of aliphatic hydroxyl groups excluding tert-OH is 1. The molecule has 1 saturated heterocycles. The molecule has 0 bridgehead atoms. The van der Waals surface area contributed by atoms with Crippen LogP contribution >= 0.6 is 0 Å². The van der Waals surface area contributed by atoms with Crippen molar-refractivity contribution in [2.75, 3.05) is 24.6 Å². The van der Waals surface area contributed by atoms with E-state index in [1.54, 1.807) is 12.4 Å². The molecule has 1 aliphatic heterocycles. The van der Waals surface area contributed by atoms with Crippen molar-refractivity contribution < 1.29 is 19.0 Å². The van der Waals surface area contributed by atoms with Gasteiger partial charge in [-0.25, -0.2) is 18.7 Å². The highest BCUT2D eigenvalue weighted by atomic mass is 19.1. The van der Waals surface area contributed by atoms with Gasteiger partial charge in [0.15, 0.2) is 5.75 Å². The number of hydrogen-bond acceptors (Lipinski definition) is 7. The van der Waals surface area contributed by atoms with E-state index in [1.165, 1.54) is 23.0 Å². The third kappa shape index (κ3) is 4.58. The number of nitrogens with zero attached hydrogens (tertiary/aromatic N) is 5. The summed E-state index contributed by atoms with van der Waals surface area (Å²) in [7, 11) is 0. The maximum absolute atomic E-state index is 13.7. The van der Waals surface area contributed by atoms with Crippen LogP contribution in [0.3, 0.4) is 0 Å². The first-order chi connectivity index (χ1) is 14.9. The Balaban J connectivity index is 1.55. The van der Waals surface area contributed by atoms with Gasteiger partial charge in [-0.3, -0.25) is 4.98 Å². The number of ether oxygens (including phenoxy) is 1. The molecule has 9 nitrogen and oxygen atoms in total. The lowest BCUT2D eigenvalue weighted by molar-refractivity contribution is 0.150. The third-order valence-corrected chi connectivity index (χ3v) is 5.32. The number of hydrogen-bond donors (Lipinski definition) is 2. The minimum Gasteiger partial charge on any atom is -0.405 e. The maximum atomic E-state index is 13.7. The topological polar surface area (TPSA) is 105 Å². The van der Waals surface area contributed by atoms with E-state index < -0.39 is 11.5 Å². The van der Waals surface area contributed by atoms with Gasteiger partial charge in [-0.15, -0.1) is 0 Å². The Labute approximate surface area is 178 Å². The number of rotatable bonds is 6. The van der Waals surface area contributed by atoms with Gasteiger partial charge in [0.05, 0.1) is 18.4 Å². The molecular formula is C21H25FN6O3. The highest BCUT2D eigenvalue weighted by Gasteiger charge is 2.28. The first-order valence-electron chi connectivity index (χ1n) is 10.1. The highest BCUT2D eigenvalue weighted by Crippen LogP contribution is 2.35. The number of anilines is 1. The molecule has 0 saturated carbocycles. The molecule has 0 aliphatic carbocycles. The number of nitrogens with one attached hydrogen (secondary N) is 1. The highest BCUT2D eigenvalue weighted by molar-refractivity contribution is 5.73. The van der Waals surface area contributed by atoms with Crippen molar-refractivity contribution in [1.29, 1.82) is 0 Å². The minimum atomic E-state index is -0.645. The number of carbonyl (C=O) groups excluding carboxylic acids is 1. The second-order valence-electron chi connectivity index (χ2n) is 8.42. The molecule has 1 amide bonds. The zero-order chi connectivity index (χ0) is 22.0. The molecule has 4 heterocycles. The molecule has 0 unspecified atom stereocenters. The summed E-state index contributed by atoms with van der Waals surface area (Å²) < 4.78 is 20.6. The Morgan fingerprint density at radius 1 is 1.39 bits per heavy atom. The van der Waals surface area contributed by atoms with E-state index in [0.29, 0.717) is 11.5 Å². The van der Waals surface area contributed by atoms with Crippen LogP contribution in [0.15, 0.2) is 36.9 Å². The predicted octanol–water partition coefficient (Wildman–Crippen LogP) is 2.71. The van der Waals surface area contributed by atoms with Gasteiger partial charge in [-0.1, -0.05) is 13.8 Å². The number of fused-ring (bicyclic) bond motifs is 1. The number of aromatic nitrogens is 4. The van der Waals surface area contributed by atoms with E-state index in [2.05, 4.69) is 25.3 Å². The second-order valence-corrected chi connectivity index (χ2v) is 8.42. The molecule has 2 N–H and O–H groups in total. The molecule has 3 aromatic heterocycles. The average Bonchev–Trinajstić information content (AvgIpc) is 3.40. The first-order valence-corrected chi connectivity index (χ1v) is 10.1. The molecular weight excluding hydrogens is 403 g/mol. The van der Waals surface area contributed by atoms with Crippen LogP contribution in [0.2, 0.25) is 0 Å². The van der Waals surface area contributed by atoms with Gasteiger partial charge >= 0.3 is 6.09 Å². The van der Waals surface area contributed by atoms with Gasteiger partial charge in [-0.05, 0) is 30.5 Å². The fraction of sp³-hybridized carbons (Fsp3) is 0.429. The van der Waals surface area contributed by atoms with Crippen molar-refractivity contribution in [3.05, 3.63) is 48.3 Å². The summed E-state index contributed by atoms with van der Waals surface area (Å²) in [6.07, 6.45) is 7.21. The number of aliphatic hydroxyl groups is 1. The van der Waals surface area contributed by atoms with Crippen molar-refractivity contribution >= 4 is 17.6 Å². The SMILES string of the molecule is CC(C)(CO)CNC(=O)Oc1cnn2ccc(N3CCC[C@@H]3c3cncc(F)c3)nc12. The molecule has 1 fully saturated rings. The van der Waals surface area contributed by atoms with Gasteiger partial charge in [-0.2, -0.15) is 5.10 Å². The van der Waals surface area contributed by atoms with Crippen LogP contribution in [0.25, 0.3) is 5.65 Å². The average molecular weight is 428 g/mol. The fourth-order valence-corrected chi connectivity index (χ4v) is 3.57. The number of carbonyl (C=O) groups is 1. The summed E-state index contributed by atoms with van der Waals surface area (Å²) in [4.78, 5) is 22.9. The quantitative estimate of drug-likeness (QED) is 0.622. The molecule has 1 atom stereocenters. The largest absolute Gasteiger partial charge is 0.412 e. The zero-order valence-corrected chi connectivity index (χ0v) is 17.5. The van der Waals surface area contributed by atoms with Gasteiger partial charge < -0.3 is 20.1 Å². The van der Waals surface area contributed by atoms with Crippen LogP contribution in [-0.4, -0.2) is 50.5 Å². The molecule has 0 radical (unpaired) electrons. The van der Waals surface area contributed by atoms with E-state index in [-0.39, 0.29) is 30.8 Å².